The van der Waals surface area contributed by atoms with Gasteiger partial charge in [-0.15, -0.1) is 0 Å². The molecule has 0 aliphatic rings. The van der Waals surface area contributed by atoms with E-state index in [4.69, 9.17) is 5.11 Å². The standard InChI is InChI=1S/C24H48O/c1-3-4-5-6-7-8-9-10-11-12-13-14-15-16-17-18-19-20-21-22-23-24(2)25/h25H,2-23H2,1H3. The summed E-state index contributed by atoms with van der Waals surface area (Å²) in [4.78, 5) is 0. The summed E-state index contributed by atoms with van der Waals surface area (Å²) < 4.78 is 0. The Labute approximate surface area is 159 Å². The van der Waals surface area contributed by atoms with Crippen LogP contribution in [0.4, 0.5) is 0 Å². The topological polar surface area (TPSA) is 20.2 Å². The van der Waals surface area contributed by atoms with E-state index in [1.54, 1.807) is 0 Å². The Balaban J connectivity index is 2.97. The Morgan fingerprint density at radius 3 is 0.960 bits per heavy atom. The zero-order valence-electron chi connectivity index (χ0n) is 17.5. The third kappa shape index (κ3) is 23.5. The maximum atomic E-state index is 9.01. The molecule has 0 saturated heterocycles. The third-order valence-corrected chi connectivity index (χ3v) is 5.32. The molecule has 0 aromatic heterocycles. The molecule has 0 aromatic carbocycles. The molecule has 0 rings (SSSR count). The summed E-state index contributed by atoms with van der Waals surface area (Å²) in [5.74, 6) is 0.349. The monoisotopic (exact) mass is 352 g/mol. The van der Waals surface area contributed by atoms with Gasteiger partial charge in [0.25, 0.3) is 0 Å². The Kier molecular flexibility index (Phi) is 21.2. The molecule has 0 aliphatic heterocycles. The maximum absolute atomic E-state index is 9.01. The fourth-order valence-corrected chi connectivity index (χ4v) is 3.58. The predicted octanol–water partition coefficient (Wildman–Crippen LogP) is 9.27. The molecule has 0 fully saturated rings. The van der Waals surface area contributed by atoms with Crippen molar-refractivity contribution in [2.24, 2.45) is 0 Å². The summed E-state index contributed by atoms with van der Waals surface area (Å²) in [7, 11) is 0. The largest absolute Gasteiger partial charge is 0.513 e. The number of hydrogen-bond donors (Lipinski definition) is 1. The van der Waals surface area contributed by atoms with Gasteiger partial charge >= 0.3 is 0 Å². The fraction of sp³-hybridized carbons (Fsp3) is 0.917. The van der Waals surface area contributed by atoms with Crippen molar-refractivity contribution in [1.29, 1.82) is 0 Å². The SMILES string of the molecule is C=C(O)CCCCCCCCCCCCCCCCCCCCCC. The number of aliphatic hydroxyl groups is 1. The highest BCUT2D eigenvalue weighted by atomic mass is 16.3. The second kappa shape index (κ2) is 21.6. The molecule has 0 bridgehead atoms. The summed E-state index contributed by atoms with van der Waals surface area (Å²) in [6.07, 6.45) is 29.0. The van der Waals surface area contributed by atoms with Crippen LogP contribution >= 0.6 is 0 Å². The van der Waals surface area contributed by atoms with Crippen molar-refractivity contribution in [2.75, 3.05) is 0 Å². The zero-order valence-corrected chi connectivity index (χ0v) is 17.5. The molecule has 0 amide bonds. The number of unbranched alkanes of at least 4 members (excludes halogenated alkanes) is 19. The van der Waals surface area contributed by atoms with Crippen molar-refractivity contribution >= 4 is 0 Å². The van der Waals surface area contributed by atoms with E-state index in [9.17, 15) is 0 Å². The van der Waals surface area contributed by atoms with E-state index in [2.05, 4.69) is 13.5 Å². The zero-order chi connectivity index (χ0) is 18.4. The van der Waals surface area contributed by atoms with Gasteiger partial charge in [-0.25, -0.2) is 0 Å². The van der Waals surface area contributed by atoms with Gasteiger partial charge in [0.1, 0.15) is 0 Å². The lowest BCUT2D eigenvalue weighted by Gasteiger charge is -2.04. The highest BCUT2D eigenvalue weighted by Gasteiger charge is 1.95. The van der Waals surface area contributed by atoms with E-state index in [0.717, 1.165) is 12.8 Å². The van der Waals surface area contributed by atoms with Crippen LogP contribution < -0.4 is 0 Å². The summed E-state index contributed by atoms with van der Waals surface area (Å²) >= 11 is 0. The van der Waals surface area contributed by atoms with Gasteiger partial charge in [0.15, 0.2) is 0 Å². The molecule has 25 heavy (non-hydrogen) atoms. The Hall–Kier alpha value is -0.460. The molecule has 150 valence electrons. The summed E-state index contributed by atoms with van der Waals surface area (Å²) in [5, 5.41) is 9.01. The fourth-order valence-electron chi connectivity index (χ4n) is 3.58. The molecule has 0 aliphatic carbocycles. The van der Waals surface area contributed by atoms with Crippen LogP contribution in [-0.4, -0.2) is 5.11 Å². The van der Waals surface area contributed by atoms with Crippen LogP contribution in [0.1, 0.15) is 142 Å². The lowest BCUT2D eigenvalue weighted by Crippen LogP contribution is -1.84. The Morgan fingerprint density at radius 2 is 0.720 bits per heavy atom. The molecule has 1 nitrogen and oxygen atoms in total. The molecule has 0 atom stereocenters. The van der Waals surface area contributed by atoms with Crippen LogP contribution in [0, 0.1) is 0 Å². The number of hydrogen-bond acceptors (Lipinski definition) is 1. The first-order valence-corrected chi connectivity index (χ1v) is 11.6. The van der Waals surface area contributed by atoms with E-state index < -0.39 is 0 Å². The quantitative estimate of drug-likeness (QED) is 0.161. The summed E-state index contributed by atoms with van der Waals surface area (Å²) in [6, 6.07) is 0. The maximum Gasteiger partial charge on any atom is 0.0851 e. The summed E-state index contributed by atoms with van der Waals surface area (Å²) in [6.45, 7) is 5.82. The molecule has 0 aromatic rings. The van der Waals surface area contributed by atoms with Gasteiger partial charge in [-0.1, -0.05) is 135 Å². The van der Waals surface area contributed by atoms with Crippen molar-refractivity contribution < 1.29 is 5.11 Å². The average Bonchev–Trinajstić information content (AvgIpc) is 2.60. The van der Waals surface area contributed by atoms with Crippen molar-refractivity contribution in [3.8, 4) is 0 Å². The lowest BCUT2D eigenvalue weighted by molar-refractivity contribution is 0.383. The van der Waals surface area contributed by atoms with Gasteiger partial charge < -0.3 is 5.11 Å². The molecular formula is C24H48O. The van der Waals surface area contributed by atoms with Crippen molar-refractivity contribution in [3.63, 3.8) is 0 Å². The first-order valence-electron chi connectivity index (χ1n) is 11.6. The van der Waals surface area contributed by atoms with Crippen LogP contribution in [0.5, 0.6) is 0 Å². The normalized spacial score (nSPS) is 11.1. The average molecular weight is 353 g/mol. The Morgan fingerprint density at radius 1 is 0.480 bits per heavy atom. The van der Waals surface area contributed by atoms with E-state index in [0.29, 0.717) is 5.76 Å². The van der Waals surface area contributed by atoms with Gasteiger partial charge in [0.05, 0.1) is 5.76 Å². The van der Waals surface area contributed by atoms with Crippen LogP contribution in [0.2, 0.25) is 0 Å². The molecule has 0 heterocycles. The molecule has 0 unspecified atom stereocenters. The molecule has 0 radical (unpaired) electrons. The second-order valence-electron chi connectivity index (χ2n) is 8.03. The van der Waals surface area contributed by atoms with Crippen LogP contribution in [0.25, 0.3) is 0 Å². The van der Waals surface area contributed by atoms with E-state index in [1.165, 1.54) is 122 Å². The number of aliphatic hydroxyl groups excluding tert-OH is 1. The minimum atomic E-state index is 0.349. The smallest absolute Gasteiger partial charge is 0.0851 e. The van der Waals surface area contributed by atoms with Gasteiger partial charge in [0, 0.05) is 6.42 Å². The Bertz CT molecular complexity index is 259. The molecule has 0 spiro atoms. The molecule has 0 saturated carbocycles. The minimum absolute atomic E-state index is 0.349. The van der Waals surface area contributed by atoms with Gasteiger partial charge in [-0.2, -0.15) is 0 Å². The number of allylic oxidation sites excluding steroid dienone is 1. The molecule has 1 N–H and O–H groups in total. The first-order chi connectivity index (χ1) is 12.3. The van der Waals surface area contributed by atoms with Gasteiger partial charge in [-0.3, -0.25) is 0 Å². The third-order valence-electron chi connectivity index (χ3n) is 5.32. The predicted molar refractivity (Wildman–Crippen MR) is 114 cm³/mol. The minimum Gasteiger partial charge on any atom is -0.513 e. The van der Waals surface area contributed by atoms with Gasteiger partial charge in [-0.05, 0) is 6.42 Å². The van der Waals surface area contributed by atoms with Crippen LogP contribution in [-0.2, 0) is 0 Å². The number of rotatable bonds is 21. The van der Waals surface area contributed by atoms with Crippen molar-refractivity contribution in [1.82, 2.24) is 0 Å². The first kappa shape index (κ1) is 24.5. The van der Waals surface area contributed by atoms with Crippen molar-refractivity contribution in [2.45, 2.75) is 142 Å². The molecular weight excluding hydrogens is 304 g/mol. The highest BCUT2D eigenvalue weighted by Crippen LogP contribution is 2.15. The van der Waals surface area contributed by atoms with Crippen LogP contribution in [0.15, 0.2) is 12.3 Å². The van der Waals surface area contributed by atoms with Gasteiger partial charge in [0.2, 0.25) is 0 Å². The molecule has 1 heteroatoms. The van der Waals surface area contributed by atoms with Crippen LogP contribution in [0.3, 0.4) is 0 Å². The summed E-state index contributed by atoms with van der Waals surface area (Å²) in [5.41, 5.74) is 0. The second-order valence-corrected chi connectivity index (χ2v) is 8.03. The van der Waals surface area contributed by atoms with E-state index in [1.807, 2.05) is 0 Å². The van der Waals surface area contributed by atoms with E-state index >= 15 is 0 Å². The van der Waals surface area contributed by atoms with E-state index in [-0.39, 0.29) is 0 Å². The van der Waals surface area contributed by atoms with Crippen molar-refractivity contribution in [3.05, 3.63) is 12.3 Å². The highest BCUT2D eigenvalue weighted by molar-refractivity contribution is 4.77. The lowest BCUT2D eigenvalue weighted by atomic mass is 10.0.